The summed E-state index contributed by atoms with van der Waals surface area (Å²) in [4.78, 5) is 43.6. The third kappa shape index (κ3) is 2.81. The number of likely N-dealkylation sites (tertiary alicyclic amines) is 3. The van der Waals surface area contributed by atoms with E-state index >= 15 is 0 Å². The Morgan fingerprint density at radius 1 is 0.964 bits per heavy atom. The predicted octanol–water partition coefficient (Wildman–Crippen LogP) is 2.27. The van der Waals surface area contributed by atoms with E-state index in [1.54, 1.807) is 36.1 Å². The van der Waals surface area contributed by atoms with Crippen LogP contribution in [0.1, 0.15) is 36.5 Å². The van der Waals surface area contributed by atoms with Crippen molar-refractivity contribution >= 4 is 29.3 Å². The molecule has 3 amide bonds. The SMILES string of the molecule is CC(=O)N1CC2(CCN(C(=O)c3ccc(Cl)cc3)CC2)C2(CCN(C)C2=O)C1. The van der Waals surface area contributed by atoms with Crippen LogP contribution >= 0.6 is 11.6 Å². The molecule has 3 aliphatic heterocycles. The van der Waals surface area contributed by atoms with Crippen molar-refractivity contribution in [3.8, 4) is 0 Å². The Labute approximate surface area is 170 Å². The van der Waals surface area contributed by atoms with E-state index in [2.05, 4.69) is 0 Å². The topological polar surface area (TPSA) is 60.9 Å². The fraction of sp³-hybridized carbons (Fsp3) is 0.571. The van der Waals surface area contributed by atoms with Gasteiger partial charge >= 0.3 is 0 Å². The molecule has 7 heteroatoms. The molecule has 1 aromatic carbocycles. The number of hydrogen-bond acceptors (Lipinski definition) is 3. The zero-order valence-corrected chi connectivity index (χ0v) is 17.2. The summed E-state index contributed by atoms with van der Waals surface area (Å²) in [7, 11) is 1.85. The molecule has 1 atom stereocenters. The minimum atomic E-state index is -0.497. The molecule has 0 aromatic heterocycles. The molecule has 3 fully saturated rings. The fourth-order valence-corrected chi connectivity index (χ4v) is 5.54. The standard InChI is InChI=1S/C21H26ClN3O3/c1-15(26)25-13-20(21(14-25)9-10-23(2)19(21)28)7-11-24(12-8-20)18(27)16-3-5-17(22)6-4-16/h3-6H,7-14H2,1-2H3. The maximum atomic E-state index is 13.1. The van der Waals surface area contributed by atoms with E-state index in [0.717, 1.165) is 25.8 Å². The van der Waals surface area contributed by atoms with E-state index in [1.165, 1.54) is 0 Å². The smallest absolute Gasteiger partial charge is 0.253 e. The number of carbonyl (C=O) groups is 3. The van der Waals surface area contributed by atoms with Gasteiger partial charge < -0.3 is 14.7 Å². The molecule has 0 aliphatic carbocycles. The number of fused-ring (bicyclic) bond motifs is 1. The Hall–Kier alpha value is -2.08. The van der Waals surface area contributed by atoms with Gasteiger partial charge in [-0.3, -0.25) is 14.4 Å². The first kappa shape index (κ1) is 19.2. The first-order valence-corrected chi connectivity index (χ1v) is 10.2. The third-order valence-electron chi connectivity index (χ3n) is 7.14. The maximum Gasteiger partial charge on any atom is 0.253 e. The molecule has 0 radical (unpaired) electrons. The van der Waals surface area contributed by atoms with Crippen LogP contribution in [0.15, 0.2) is 24.3 Å². The number of amides is 3. The van der Waals surface area contributed by atoms with Crippen molar-refractivity contribution in [1.82, 2.24) is 14.7 Å². The van der Waals surface area contributed by atoms with E-state index < -0.39 is 5.41 Å². The van der Waals surface area contributed by atoms with Gasteiger partial charge in [0.15, 0.2) is 0 Å². The summed E-state index contributed by atoms with van der Waals surface area (Å²) >= 11 is 5.92. The highest BCUT2D eigenvalue weighted by molar-refractivity contribution is 6.30. The number of nitrogens with zero attached hydrogens (tertiary/aromatic N) is 3. The second-order valence-corrected chi connectivity index (χ2v) is 8.95. The molecular formula is C21H26ClN3O3. The first-order chi connectivity index (χ1) is 13.3. The summed E-state index contributed by atoms with van der Waals surface area (Å²) in [5.41, 5.74) is -0.108. The second kappa shape index (κ2) is 6.76. The van der Waals surface area contributed by atoms with Crippen molar-refractivity contribution in [1.29, 1.82) is 0 Å². The largest absolute Gasteiger partial charge is 0.345 e. The van der Waals surface area contributed by atoms with Crippen LogP contribution in [0.3, 0.4) is 0 Å². The molecule has 28 heavy (non-hydrogen) atoms. The molecular weight excluding hydrogens is 378 g/mol. The number of carbonyl (C=O) groups excluding carboxylic acids is 3. The molecule has 150 valence electrons. The van der Waals surface area contributed by atoms with Crippen molar-refractivity contribution in [2.24, 2.45) is 10.8 Å². The monoisotopic (exact) mass is 403 g/mol. The van der Waals surface area contributed by atoms with Gasteiger partial charge in [0.1, 0.15) is 0 Å². The van der Waals surface area contributed by atoms with Crippen LogP contribution < -0.4 is 0 Å². The minimum Gasteiger partial charge on any atom is -0.345 e. The van der Waals surface area contributed by atoms with Gasteiger partial charge in [-0.25, -0.2) is 0 Å². The van der Waals surface area contributed by atoms with E-state index in [4.69, 9.17) is 11.6 Å². The molecule has 2 spiro atoms. The summed E-state index contributed by atoms with van der Waals surface area (Å²) in [6.07, 6.45) is 2.28. The summed E-state index contributed by atoms with van der Waals surface area (Å²) in [6.45, 7) is 4.65. The lowest BCUT2D eigenvalue weighted by atomic mass is 9.60. The Morgan fingerprint density at radius 3 is 2.14 bits per heavy atom. The molecule has 3 heterocycles. The average molecular weight is 404 g/mol. The van der Waals surface area contributed by atoms with Crippen molar-refractivity contribution in [2.45, 2.75) is 26.2 Å². The van der Waals surface area contributed by atoms with Gasteiger partial charge in [-0.15, -0.1) is 0 Å². The quantitative estimate of drug-likeness (QED) is 0.722. The van der Waals surface area contributed by atoms with Crippen molar-refractivity contribution < 1.29 is 14.4 Å². The van der Waals surface area contributed by atoms with Crippen LogP contribution in [-0.4, -0.2) is 72.2 Å². The number of halogens is 1. The number of piperidine rings is 1. The zero-order valence-electron chi connectivity index (χ0n) is 16.4. The van der Waals surface area contributed by atoms with Crippen molar-refractivity contribution in [3.63, 3.8) is 0 Å². The van der Waals surface area contributed by atoms with E-state index in [1.807, 2.05) is 16.8 Å². The highest BCUT2D eigenvalue weighted by atomic mass is 35.5. The number of hydrogen-bond donors (Lipinski definition) is 0. The van der Waals surface area contributed by atoms with Crippen LogP contribution in [0.5, 0.6) is 0 Å². The molecule has 3 aliphatic rings. The summed E-state index contributed by atoms with van der Waals surface area (Å²) in [5.74, 6) is 0.184. The van der Waals surface area contributed by atoms with Gasteiger partial charge in [0.05, 0.1) is 5.41 Å². The normalized spacial score (nSPS) is 26.5. The van der Waals surface area contributed by atoms with Crippen molar-refractivity contribution in [2.75, 3.05) is 39.8 Å². The van der Waals surface area contributed by atoms with Crippen LogP contribution in [0, 0.1) is 10.8 Å². The fourth-order valence-electron chi connectivity index (χ4n) is 5.41. The Morgan fingerprint density at radius 2 is 1.61 bits per heavy atom. The Bertz CT molecular complexity index is 817. The zero-order chi connectivity index (χ0) is 20.1. The minimum absolute atomic E-state index is 0.00291. The Kier molecular flexibility index (Phi) is 4.65. The lowest BCUT2D eigenvalue weighted by Gasteiger charge is -2.46. The molecule has 0 N–H and O–H groups in total. The first-order valence-electron chi connectivity index (χ1n) is 9.84. The predicted molar refractivity (Wildman–Crippen MR) is 106 cm³/mol. The summed E-state index contributed by atoms with van der Waals surface area (Å²) in [5, 5.41) is 0.607. The van der Waals surface area contributed by atoms with Crippen LogP contribution in [0.2, 0.25) is 5.02 Å². The van der Waals surface area contributed by atoms with Gasteiger partial charge in [0, 0.05) is 62.7 Å². The van der Waals surface area contributed by atoms with Crippen molar-refractivity contribution in [3.05, 3.63) is 34.9 Å². The van der Waals surface area contributed by atoms with E-state index in [9.17, 15) is 14.4 Å². The van der Waals surface area contributed by atoms with Gasteiger partial charge in [-0.2, -0.15) is 0 Å². The number of benzene rings is 1. The third-order valence-corrected chi connectivity index (χ3v) is 7.40. The van der Waals surface area contributed by atoms with E-state index in [-0.39, 0.29) is 23.1 Å². The Balaban J connectivity index is 1.56. The molecule has 3 saturated heterocycles. The highest BCUT2D eigenvalue weighted by Gasteiger charge is 2.65. The number of rotatable bonds is 1. The molecule has 6 nitrogen and oxygen atoms in total. The highest BCUT2D eigenvalue weighted by Crippen LogP contribution is 2.57. The average Bonchev–Trinajstić information content (AvgIpc) is 3.16. The molecule has 0 bridgehead atoms. The summed E-state index contributed by atoms with van der Waals surface area (Å²) in [6, 6.07) is 6.95. The lowest BCUT2D eigenvalue weighted by Crippen LogP contribution is -2.53. The molecule has 4 rings (SSSR count). The van der Waals surface area contributed by atoms with Crippen LogP contribution in [0.4, 0.5) is 0 Å². The lowest BCUT2D eigenvalue weighted by molar-refractivity contribution is -0.141. The van der Waals surface area contributed by atoms with Crippen LogP contribution in [0.25, 0.3) is 0 Å². The molecule has 1 unspecified atom stereocenters. The second-order valence-electron chi connectivity index (χ2n) is 8.51. The van der Waals surface area contributed by atoms with Gasteiger partial charge in [-0.1, -0.05) is 11.6 Å². The molecule has 0 saturated carbocycles. The van der Waals surface area contributed by atoms with Gasteiger partial charge in [-0.05, 0) is 43.5 Å². The van der Waals surface area contributed by atoms with Gasteiger partial charge in [0.2, 0.25) is 11.8 Å². The van der Waals surface area contributed by atoms with Crippen LogP contribution in [-0.2, 0) is 9.59 Å². The molecule has 1 aromatic rings. The van der Waals surface area contributed by atoms with E-state index in [0.29, 0.717) is 36.8 Å². The summed E-state index contributed by atoms with van der Waals surface area (Å²) < 4.78 is 0. The van der Waals surface area contributed by atoms with Gasteiger partial charge in [0.25, 0.3) is 5.91 Å². The maximum absolute atomic E-state index is 13.1.